The highest BCUT2D eigenvalue weighted by Crippen LogP contribution is 2.35. The molecule has 3 rings (SSSR count). The van der Waals surface area contributed by atoms with E-state index in [0.29, 0.717) is 18.7 Å². The van der Waals surface area contributed by atoms with Gasteiger partial charge >= 0.3 is 0 Å². The van der Waals surface area contributed by atoms with Crippen LogP contribution >= 0.6 is 0 Å². The van der Waals surface area contributed by atoms with Gasteiger partial charge < -0.3 is 0 Å². The largest absolute Gasteiger partial charge is 0.266 e. The average molecular weight is 423 g/mol. The number of rotatable bonds is 4. The van der Waals surface area contributed by atoms with Crippen LogP contribution in [-0.2, 0) is 31.9 Å². The molecular weight excluding hydrogens is 396 g/mol. The van der Waals surface area contributed by atoms with Crippen molar-refractivity contribution >= 4 is 25.7 Å². The molecule has 28 heavy (non-hydrogen) atoms. The molecule has 1 aliphatic heterocycles. The Morgan fingerprint density at radius 3 is 2.00 bits per heavy atom. The maximum Gasteiger partial charge on any atom is 0.264 e. The zero-order chi connectivity index (χ0) is 20.9. The Hall–Kier alpha value is -1.90. The van der Waals surface area contributed by atoms with Gasteiger partial charge in [-0.2, -0.15) is 0 Å². The van der Waals surface area contributed by atoms with E-state index in [1.807, 2.05) is 12.1 Å². The van der Waals surface area contributed by atoms with E-state index in [1.54, 1.807) is 24.3 Å². The fraction of sp³-hybridized carbons (Fsp3) is 0.400. The highest BCUT2D eigenvalue weighted by Gasteiger charge is 2.32. The first-order valence-electron chi connectivity index (χ1n) is 9.04. The lowest BCUT2D eigenvalue weighted by Crippen LogP contribution is -2.29. The van der Waals surface area contributed by atoms with Crippen molar-refractivity contribution in [2.45, 2.75) is 42.4 Å². The van der Waals surface area contributed by atoms with Crippen LogP contribution in [0.4, 0.5) is 5.69 Å². The Kier molecular flexibility index (Phi) is 5.10. The van der Waals surface area contributed by atoms with E-state index in [-0.39, 0.29) is 15.2 Å². The molecule has 2 aromatic carbocycles. The van der Waals surface area contributed by atoms with Crippen molar-refractivity contribution in [3.8, 4) is 0 Å². The molecule has 2 aromatic rings. The first-order chi connectivity index (χ1) is 12.8. The molecule has 0 aliphatic carbocycles. The van der Waals surface area contributed by atoms with Gasteiger partial charge in [-0.25, -0.2) is 21.1 Å². The van der Waals surface area contributed by atoms with Gasteiger partial charge in [-0.05, 0) is 53.3 Å². The van der Waals surface area contributed by atoms with Gasteiger partial charge in [0.2, 0.25) is 10.0 Å². The Labute approximate surface area is 167 Å². The Balaban J connectivity index is 1.97. The van der Waals surface area contributed by atoms with Crippen LogP contribution in [0.2, 0.25) is 0 Å². The minimum atomic E-state index is -3.71. The zero-order valence-electron chi connectivity index (χ0n) is 16.8. The van der Waals surface area contributed by atoms with Gasteiger partial charge in [0.1, 0.15) is 0 Å². The molecule has 0 atom stereocenters. The first-order valence-corrected chi connectivity index (χ1v) is 11.9. The molecule has 0 aromatic heterocycles. The summed E-state index contributed by atoms with van der Waals surface area (Å²) in [6.45, 7) is 6.52. The van der Waals surface area contributed by atoms with Gasteiger partial charge in [0.25, 0.3) is 10.0 Å². The smallest absolute Gasteiger partial charge is 0.264 e. The van der Waals surface area contributed by atoms with Crippen LogP contribution in [0.15, 0.2) is 52.3 Å². The van der Waals surface area contributed by atoms with Crippen molar-refractivity contribution in [3.63, 3.8) is 0 Å². The summed E-state index contributed by atoms with van der Waals surface area (Å²) in [6, 6.07) is 11.6. The SMILES string of the molecule is CN(C)S(=O)(=O)c1ccc2c(c1)CCN2S(=O)(=O)c1ccc(C(C)(C)C)cc1. The zero-order valence-corrected chi connectivity index (χ0v) is 18.4. The molecular formula is C20H26N2O4S2. The predicted molar refractivity (Wildman–Crippen MR) is 111 cm³/mol. The van der Waals surface area contributed by atoms with Gasteiger partial charge in [-0.15, -0.1) is 0 Å². The van der Waals surface area contributed by atoms with Crippen LogP contribution in [0.5, 0.6) is 0 Å². The summed E-state index contributed by atoms with van der Waals surface area (Å²) in [4.78, 5) is 0.406. The molecule has 152 valence electrons. The van der Waals surface area contributed by atoms with Crippen LogP contribution in [0.1, 0.15) is 31.9 Å². The van der Waals surface area contributed by atoms with Crippen molar-refractivity contribution in [1.29, 1.82) is 0 Å². The molecule has 0 saturated carbocycles. The molecule has 0 N–H and O–H groups in total. The summed E-state index contributed by atoms with van der Waals surface area (Å²) in [6.07, 6.45) is 0.478. The number of fused-ring (bicyclic) bond motifs is 1. The Morgan fingerprint density at radius 2 is 1.46 bits per heavy atom. The second-order valence-electron chi connectivity index (χ2n) is 8.18. The predicted octanol–water partition coefficient (Wildman–Crippen LogP) is 2.99. The van der Waals surface area contributed by atoms with E-state index in [2.05, 4.69) is 20.8 Å². The molecule has 6 nitrogen and oxygen atoms in total. The standard InChI is InChI=1S/C20H26N2O4S2/c1-20(2,3)16-6-8-17(9-7-16)28(25,26)22-13-12-15-14-18(10-11-19(15)22)27(23,24)21(4)5/h6-11,14H,12-13H2,1-5H3. The fourth-order valence-corrected chi connectivity index (χ4v) is 5.68. The third kappa shape index (κ3) is 3.56. The van der Waals surface area contributed by atoms with E-state index in [1.165, 1.54) is 24.5 Å². The van der Waals surface area contributed by atoms with E-state index in [9.17, 15) is 16.8 Å². The Bertz CT molecular complexity index is 1100. The molecule has 0 fully saturated rings. The van der Waals surface area contributed by atoms with Crippen LogP contribution in [0, 0.1) is 0 Å². The summed E-state index contributed by atoms with van der Waals surface area (Å²) in [5.41, 5.74) is 2.26. The maximum absolute atomic E-state index is 13.1. The lowest BCUT2D eigenvalue weighted by Gasteiger charge is -2.22. The lowest BCUT2D eigenvalue weighted by atomic mass is 9.87. The third-order valence-corrected chi connectivity index (χ3v) is 8.63. The average Bonchev–Trinajstić information content (AvgIpc) is 3.05. The maximum atomic E-state index is 13.1. The molecule has 0 spiro atoms. The van der Waals surface area contributed by atoms with E-state index < -0.39 is 20.0 Å². The lowest BCUT2D eigenvalue weighted by molar-refractivity contribution is 0.520. The summed E-state index contributed by atoms with van der Waals surface area (Å²) in [7, 11) is -4.32. The van der Waals surface area contributed by atoms with Crippen LogP contribution < -0.4 is 4.31 Å². The summed E-state index contributed by atoms with van der Waals surface area (Å²) < 4.78 is 53.5. The van der Waals surface area contributed by atoms with Crippen LogP contribution in [0.25, 0.3) is 0 Å². The topological polar surface area (TPSA) is 74.8 Å². The molecule has 8 heteroatoms. The van der Waals surface area contributed by atoms with Gasteiger partial charge in [-0.3, -0.25) is 4.31 Å². The van der Waals surface area contributed by atoms with Crippen LogP contribution in [0.3, 0.4) is 0 Å². The first kappa shape index (κ1) is 20.8. The van der Waals surface area contributed by atoms with Crippen molar-refractivity contribution in [2.24, 2.45) is 0 Å². The number of hydrogen-bond acceptors (Lipinski definition) is 4. The van der Waals surface area contributed by atoms with Gasteiger partial charge in [-0.1, -0.05) is 32.9 Å². The van der Waals surface area contributed by atoms with Gasteiger partial charge in [0.15, 0.2) is 0 Å². The highest BCUT2D eigenvalue weighted by molar-refractivity contribution is 7.92. The number of nitrogens with zero attached hydrogens (tertiary/aromatic N) is 2. The number of sulfonamides is 2. The number of anilines is 1. The van der Waals surface area contributed by atoms with Crippen molar-refractivity contribution < 1.29 is 16.8 Å². The summed E-state index contributed by atoms with van der Waals surface area (Å²) in [5.74, 6) is 0. The minimum absolute atomic E-state index is 0.0587. The number of benzene rings is 2. The molecule has 0 radical (unpaired) electrons. The van der Waals surface area contributed by atoms with E-state index in [4.69, 9.17) is 0 Å². The minimum Gasteiger partial charge on any atom is -0.266 e. The molecule has 1 aliphatic rings. The van der Waals surface area contributed by atoms with Crippen LogP contribution in [-0.4, -0.2) is 41.8 Å². The Morgan fingerprint density at radius 1 is 0.893 bits per heavy atom. The number of hydrogen-bond donors (Lipinski definition) is 0. The fourth-order valence-electron chi connectivity index (χ4n) is 3.22. The summed E-state index contributed by atoms with van der Waals surface area (Å²) >= 11 is 0. The van der Waals surface area contributed by atoms with Gasteiger partial charge in [0.05, 0.1) is 15.5 Å². The third-order valence-electron chi connectivity index (χ3n) is 4.99. The highest BCUT2D eigenvalue weighted by atomic mass is 32.2. The molecule has 0 bridgehead atoms. The second-order valence-corrected chi connectivity index (χ2v) is 12.2. The van der Waals surface area contributed by atoms with Crippen molar-refractivity contribution in [3.05, 3.63) is 53.6 Å². The quantitative estimate of drug-likeness (QED) is 0.759. The molecule has 1 heterocycles. The monoisotopic (exact) mass is 422 g/mol. The van der Waals surface area contributed by atoms with E-state index in [0.717, 1.165) is 15.4 Å². The van der Waals surface area contributed by atoms with Crippen molar-refractivity contribution in [2.75, 3.05) is 24.9 Å². The van der Waals surface area contributed by atoms with E-state index >= 15 is 0 Å². The molecule has 0 saturated heterocycles. The normalized spacial score (nSPS) is 15.1. The summed E-state index contributed by atoms with van der Waals surface area (Å²) in [5, 5.41) is 0. The molecule has 0 unspecified atom stereocenters. The van der Waals surface area contributed by atoms with Crippen molar-refractivity contribution in [1.82, 2.24) is 4.31 Å². The second kappa shape index (κ2) is 6.86. The van der Waals surface area contributed by atoms with Gasteiger partial charge in [0, 0.05) is 20.6 Å². The molecule has 0 amide bonds.